The van der Waals surface area contributed by atoms with Gasteiger partial charge in [0.05, 0.1) is 23.6 Å². The molecule has 0 saturated carbocycles. The lowest BCUT2D eigenvalue weighted by atomic mass is 10.1. The summed E-state index contributed by atoms with van der Waals surface area (Å²) in [6.07, 6.45) is 0. The Balaban J connectivity index is 2.23. The zero-order valence-electron chi connectivity index (χ0n) is 11.9. The Labute approximate surface area is 130 Å². The van der Waals surface area contributed by atoms with Gasteiger partial charge in [-0.2, -0.15) is 10.4 Å². The van der Waals surface area contributed by atoms with Gasteiger partial charge in [0.15, 0.2) is 5.69 Å². The minimum Gasteiger partial charge on any atom is -0.476 e. The molecule has 0 atom stereocenters. The summed E-state index contributed by atoms with van der Waals surface area (Å²) >= 11 is 0. The number of aromatic nitrogens is 2. The first-order valence-electron chi connectivity index (χ1n) is 6.83. The van der Waals surface area contributed by atoms with Crippen LogP contribution < -0.4 is 5.56 Å². The summed E-state index contributed by atoms with van der Waals surface area (Å²) in [5.41, 5.74) is 0.454. The van der Waals surface area contributed by atoms with Gasteiger partial charge in [0.25, 0.3) is 5.56 Å². The highest BCUT2D eigenvalue weighted by Gasteiger charge is 2.16. The van der Waals surface area contributed by atoms with Gasteiger partial charge >= 0.3 is 5.97 Å². The standard InChI is InChI=1S/C17H11N3O3/c18-9-11-5-1-2-6-12(11)10-20-16(21)14-8-4-3-7-13(14)15(19-20)17(22)23/h1-8H,10H2,(H,22,23). The molecule has 3 aromatic rings. The molecule has 0 amide bonds. The molecule has 0 radical (unpaired) electrons. The number of aromatic carboxylic acids is 1. The van der Waals surface area contributed by atoms with E-state index in [9.17, 15) is 14.7 Å². The van der Waals surface area contributed by atoms with Crippen LogP contribution in [0.2, 0.25) is 0 Å². The molecular weight excluding hydrogens is 294 g/mol. The van der Waals surface area contributed by atoms with Gasteiger partial charge in [-0.3, -0.25) is 4.79 Å². The van der Waals surface area contributed by atoms with Crippen LogP contribution in [0.5, 0.6) is 0 Å². The van der Waals surface area contributed by atoms with Crippen LogP contribution in [0.4, 0.5) is 0 Å². The fraction of sp³-hybridized carbons (Fsp3) is 0.0588. The Bertz CT molecular complexity index is 1020. The van der Waals surface area contributed by atoms with E-state index in [0.29, 0.717) is 16.5 Å². The van der Waals surface area contributed by atoms with Crippen molar-refractivity contribution in [3.63, 3.8) is 0 Å². The number of carboxylic acid groups (broad SMARTS) is 1. The molecule has 0 bridgehead atoms. The zero-order chi connectivity index (χ0) is 16.4. The average molecular weight is 305 g/mol. The molecule has 6 heteroatoms. The molecule has 1 heterocycles. The summed E-state index contributed by atoms with van der Waals surface area (Å²) in [6, 6.07) is 15.3. The number of benzene rings is 2. The SMILES string of the molecule is N#Cc1ccccc1Cn1nc(C(=O)O)c2ccccc2c1=O. The van der Waals surface area contributed by atoms with E-state index in [1.54, 1.807) is 48.5 Å². The van der Waals surface area contributed by atoms with Crippen molar-refractivity contribution in [1.29, 1.82) is 5.26 Å². The highest BCUT2D eigenvalue weighted by molar-refractivity contribution is 6.01. The minimum atomic E-state index is -1.21. The summed E-state index contributed by atoms with van der Waals surface area (Å²) < 4.78 is 1.09. The predicted molar refractivity (Wildman–Crippen MR) is 83.2 cm³/mol. The first-order valence-corrected chi connectivity index (χ1v) is 6.83. The molecular formula is C17H11N3O3. The van der Waals surface area contributed by atoms with Crippen LogP contribution in [0.3, 0.4) is 0 Å². The molecule has 0 aliphatic carbocycles. The molecule has 0 spiro atoms. The highest BCUT2D eigenvalue weighted by atomic mass is 16.4. The lowest BCUT2D eigenvalue weighted by Gasteiger charge is -2.09. The van der Waals surface area contributed by atoms with Crippen molar-refractivity contribution in [2.75, 3.05) is 0 Å². The number of nitrogens with zero attached hydrogens (tertiary/aromatic N) is 3. The Morgan fingerprint density at radius 3 is 2.48 bits per heavy atom. The highest BCUT2D eigenvalue weighted by Crippen LogP contribution is 2.14. The Kier molecular flexibility index (Phi) is 3.61. The Morgan fingerprint density at radius 1 is 1.13 bits per heavy atom. The molecule has 1 N–H and O–H groups in total. The second kappa shape index (κ2) is 5.73. The Hall–Kier alpha value is -3.46. The largest absolute Gasteiger partial charge is 0.476 e. The van der Waals surface area contributed by atoms with Crippen molar-refractivity contribution in [2.45, 2.75) is 6.54 Å². The van der Waals surface area contributed by atoms with Crippen molar-refractivity contribution in [1.82, 2.24) is 9.78 Å². The molecule has 0 fully saturated rings. The number of nitriles is 1. The smallest absolute Gasteiger partial charge is 0.357 e. The maximum absolute atomic E-state index is 12.5. The minimum absolute atomic E-state index is 0.0354. The first kappa shape index (κ1) is 14.5. The van der Waals surface area contributed by atoms with E-state index in [0.717, 1.165) is 4.68 Å². The fourth-order valence-corrected chi connectivity index (χ4v) is 2.43. The molecule has 6 nitrogen and oxygen atoms in total. The molecule has 0 unspecified atom stereocenters. The van der Waals surface area contributed by atoms with Crippen molar-refractivity contribution in [3.05, 3.63) is 75.7 Å². The molecule has 0 aliphatic heterocycles. The van der Waals surface area contributed by atoms with Gasteiger partial charge in [-0.1, -0.05) is 36.4 Å². The molecule has 2 aromatic carbocycles. The number of rotatable bonds is 3. The number of hydrogen-bond acceptors (Lipinski definition) is 4. The molecule has 3 rings (SSSR count). The van der Waals surface area contributed by atoms with Crippen LogP contribution in [0.15, 0.2) is 53.3 Å². The van der Waals surface area contributed by atoms with E-state index in [1.165, 1.54) is 0 Å². The maximum Gasteiger partial charge on any atom is 0.357 e. The van der Waals surface area contributed by atoms with Gasteiger partial charge in [-0.15, -0.1) is 0 Å². The topological polar surface area (TPSA) is 96.0 Å². The van der Waals surface area contributed by atoms with Crippen molar-refractivity contribution in [3.8, 4) is 6.07 Å². The van der Waals surface area contributed by atoms with Crippen LogP contribution in [0, 0.1) is 11.3 Å². The summed E-state index contributed by atoms with van der Waals surface area (Å²) in [5.74, 6) is -1.21. The summed E-state index contributed by atoms with van der Waals surface area (Å²) in [4.78, 5) is 24.0. The number of carbonyl (C=O) groups is 1. The van der Waals surface area contributed by atoms with E-state index in [-0.39, 0.29) is 17.6 Å². The lowest BCUT2D eigenvalue weighted by Crippen LogP contribution is -2.26. The van der Waals surface area contributed by atoms with Crippen LogP contribution in [-0.4, -0.2) is 20.9 Å². The molecule has 0 saturated heterocycles. The number of carboxylic acids is 1. The van der Waals surface area contributed by atoms with Crippen LogP contribution in [0.1, 0.15) is 21.6 Å². The van der Waals surface area contributed by atoms with Crippen molar-refractivity contribution < 1.29 is 9.90 Å². The quantitative estimate of drug-likeness (QED) is 0.798. The molecule has 23 heavy (non-hydrogen) atoms. The van der Waals surface area contributed by atoms with Gasteiger partial charge in [0, 0.05) is 5.39 Å². The number of fused-ring (bicyclic) bond motifs is 1. The molecule has 0 aliphatic rings. The molecule has 1 aromatic heterocycles. The van der Waals surface area contributed by atoms with Gasteiger partial charge in [-0.05, 0) is 17.7 Å². The van der Waals surface area contributed by atoms with Crippen LogP contribution in [-0.2, 0) is 6.54 Å². The monoisotopic (exact) mass is 305 g/mol. The fourth-order valence-electron chi connectivity index (χ4n) is 2.43. The third-order valence-electron chi connectivity index (χ3n) is 3.53. The normalized spacial score (nSPS) is 10.4. The van der Waals surface area contributed by atoms with Gasteiger partial charge in [0.2, 0.25) is 0 Å². The second-order valence-electron chi connectivity index (χ2n) is 4.93. The maximum atomic E-state index is 12.5. The van der Waals surface area contributed by atoms with E-state index < -0.39 is 11.5 Å². The Morgan fingerprint density at radius 2 is 1.78 bits per heavy atom. The zero-order valence-corrected chi connectivity index (χ0v) is 11.9. The predicted octanol–water partition coefficient (Wildman–Crippen LogP) is 2.01. The van der Waals surface area contributed by atoms with Gasteiger partial charge < -0.3 is 5.11 Å². The van der Waals surface area contributed by atoms with Crippen molar-refractivity contribution in [2.24, 2.45) is 0 Å². The summed E-state index contributed by atoms with van der Waals surface area (Å²) in [6.45, 7) is 0.0354. The summed E-state index contributed by atoms with van der Waals surface area (Å²) in [7, 11) is 0. The van der Waals surface area contributed by atoms with Crippen molar-refractivity contribution >= 4 is 16.7 Å². The van der Waals surface area contributed by atoms with Crippen LogP contribution >= 0.6 is 0 Å². The van der Waals surface area contributed by atoms with E-state index in [2.05, 4.69) is 11.2 Å². The van der Waals surface area contributed by atoms with E-state index in [1.807, 2.05) is 0 Å². The second-order valence-corrected chi connectivity index (χ2v) is 4.93. The lowest BCUT2D eigenvalue weighted by molar-refractivity contribution is 0.0690. The third kappa shape index (κ3) is 2.56. The molecule has 112 valence electrons. The van der Waals surface area contributed by atoms with Gasteiger partial charge in [-0.25, -0.2) is 9.48 Å². The van der Waals surface area contributed by atoms with E-state index >= 15 is 0 Å². The first-order chi connectivity index (χ1) is 11.1. The van der Waals surface area contributed by atoms with Gasteiger partial charge in [0.1, 0.15) is 0 Å². The van der Waals surface area contributed by atoms with Crippen LogP contribution in [0.25, 0.3) is 10.8 Å². The average Bonchev–Trinajstić information content (AvgIpc) is 2.57. The summed E-state index contributed by atoms with van der Waals surface area (Å²) in [5, 5.41) is 23.0. The van der Waals surface area contributed by atoms with E-state index in [4.69, 9.17) is 5.26 Å². The number of hydrogen-bond donors (Lipinski definition) is 1. The third-order valence-corrected chi connectivity index (χ3v) is 3.53.